The number of nitro groups is 2. The number of rotatable bonds is 5. The molecule has 0 heterocycles. The van der Waals surface area contributed by atoms with Gasteiger partial charge in [-0.3, -0.25) is 25.7 Å². The van der Waals surface area contributed by atoms with Crippen LogP contribution in [0.2, 0.25) is 0 Å². The van der Waals surface area contributed by atoms with Crippen LogP contribution in [0.15, 0.2) is 47.6 Å². The Morgan fingerprint density at radius 3 is 2.32 bits per heavy atom. The lowest BCUT2D eigenvalue weighted by Gasteiger charge is -2.02. The van der Waals surface area contributed by atoms with Crippen molar-refractivity contribution in [3.63, 3.8) is 0 Å². The lowest BCUT2D eigenvalue weighted by molar-refractivity contribution is -0.393. The lowest BCUT2D eigenvalue weighted by Crippen LogP contribution is -1.98. The van der Waals surface area contributed by atoms with E-state index in [1.807, 2.05) is 24.3 Å². The van der Waals surface area contributed by atoms with Crippen molar-refractivity contribution < 1.29 is 9.85 Å². The molecule has 0 amide bonds. The van der Waals surface area contributed by atoms with Gasteiger partial charge in [-0.1, -0.05) is 12.1 Å². The number of halogens is 1. The van der Waals surface area contributed by atoms with Crippen molar-refractivity contribution >= 4 is 45.9 Å². The molecular weight excluding hydrogens is 403 g/mol. The van der Waals surface area contributed by atoms with E-state index in [2.05, 4.69) is 33.1 Å². The quantitative estimate of drug-likeness (QED) is 0.350. The van der Waals surface area contributed by atoms with Crippen molar-refractivity contribution in [1.29, 1.82) is 0 Å². The van der Waals surface area contributed by atoms with E-state index in [4.69, 9.17) is 0 Å². The predicted molar refractivity (Wildman–Crippen MR) is 90.1 cm³/mol. The summed E-state index contributed by atoms with van der Waals surface area (Å²) < 4.78 is 1.08. The summed E-state index contributed by atoms with van der Waals surface area (Å²) in [7, 11) is 0. The SMILES string of the molecule is O=[N+]([O-])c1ccc(N/N=C/c2ccc(I)cc2)c([N+](=O)[O-])c1. The van der Waals surface area contributed by atoms with Crippen LogP contribution in [0.25, 0.3) is 0 Å². The second-order valence-corrected chi connectivity index (χ2v) is 5.38. The van der Waals surface area contributed by atoms with Crippen LogP contribution in [0.4, 0.5) is 17.1 Å². The van der Waals surface area contributed by atoms with E-state index >= 15 is 0 Å². The average molecular weight is 412 g/mol. The molecule has 0 aliphatic carbocycles. The van der Waals surface area contributed by atoms with Crippen LogP contribution >= 0.6 is 22.6 Å². The number of hydrogen-bond donors (Lipinski definition) is 1. The zero-order valence-corrected chi connectivity index (χ0v) is 13.1. The van der Waals surface area contributed by atoms with Gasteiger partial charge in [-0.05, 0) is 46.4 Å². The smallest absolute Gasteiger partial charge is 0.272 e. The van der Waals surface area contributed by atoms with E-state index in [1.54, 1.807) is 0 Å². The molecule has 22 heavy (non-hydrogen) atoms. The molecule has 0 atom stereocenters. The van der Waals surface area contributed by atoms with Crippen LogP contribution in [-0.2, 0) is 0 Å². The van der Waals surface area contributed by atoms with Crippen LogP contribution in [0.1, 0.15) is 5.56 Å². The van der Waals surface area contributed by atoms with Crippen molar-refractivity contribution in [2.45, 2.75) is 0 Å². The molecule has 0 aliphatic heterocycles. The van der Waals surface area contributed by atoms with E-state index in [0.717, 1.165) is 15.2 Å². The first-order valence-corrected chi connectivity index (χ1v) is 7.03. The number of benzene rings is 2. The minimum Gasteiger partial charge on any atom is -0.272 e. The summed E-state index contributed by atoms with van der Waals surface area (Å²) in [5.74, 6) is 0. The highest BCUT2D eigenvalue weighted by molar-refractivity contribution is 14.1. The van der Waals surface area contributed by atoms with E-state index in [0.29, 0.717) is 0 Å². The Bertz CT molecular complexity index is 746. The minimum atomic E-state index is -0.699. The summed E-state index contributed by atoms with van der Waals surface area (Å²) in [6, 6.07) is 10.8. The molecule has 0 radical (unpaired) electrons. The third-order valence-corrected chi connectivity index (χ3v) is 3.38. The molecule has 0 fully saturated rings. The number of hydrogen-bond acceptors (Lipinski definition) is 6. The maximum absolute atomic E-state index is 11.0. The van der Waals surface area contributed by atoms with Crippen LogP contribution in [0.5, 0.6) is 0 Å². The van der Waals surface area contributed by atoms with Crippen molar-refractivity contribution in [2.24, 2.45) is 5.10 Å². The fourth-order valence-corrected chi connectivity index (χ4v) is 1.96. The predicted octanol–water partition coefficient (Wildman–Crippen LogP) is 3.55. The molecule has 2 rings (SSSR count). The first kappa shape index (κ1) is 15.8. The maximum atomic E-state index is 11.0. The van der Waals surface area contributed by atoms with Gasteiger partial charge in [0, 0.05) is 9.64 Å². The van der Waals surface area contributed by atoms with Gasteiger partial charge in [0.05, 0.1) is 22.1 Å². The molecule has 9 heteroatoms. The summed E-state index contributed by atoms with van der Waals surface area (Å²) in [6.07, 6.45) is 1.50. The fourth-order valence-electron chi connectivity index (χ4n) is 1.60. The van der Waals surface area contributed by atoms with Gasteiger partial charge in [-0.25, -0.2) is 0 Å². The first-order chi connectivity index (χ1) is 10.5. The summed E-state index contributed by atoms with van der Waals surface area (Å²) in [5, 5.41) is 25.5. The second kappa shape index (κ2) is 6.93. The van der Waals surface area contributed by atoms with Gasteiger partial charge >= 0.3 is 5.69 Å². The Labute approximate surface area is 138 Å². The van der Waals surface area contributed by atoms with Gasteiger partial charge in [0.15, 0.2) is 0 Å². The highest BCUT2D eigenvalue weighted by Gasteiger charge is 2.18. The number of nitrogens with one attached hydrogen (secondary N) is 1. The Morgan fingerprint density at radius 2 is 1.73 bits per heavy atom. The summed E-state index contributed by atoms with van der Waals surface area (Å²) in [6.45, 7) is 0. The molecule has 8 nitrogen and oxygen atoms in total. The van der Waals surface area contributed by atoms with E-state index in [9.17, 15) is 20.2 Å². The molecule has 0 aliphatic rings. The zero-order chi connectivity index (χ0) is 16.1. The summed E-state index contributed by atoms with van der Waals surface area (Å²) >= 11 is 2.17. The summed E-state index contributed by atoms with van der Waals surface area (Å²) in [5.41, 5.74) is 2.67. The van der Waals surface area contributed by atoms with Crippen molar-refractivity contribution in [2.75, 3.05) is 5.43 Å². The molecule has 0 aromatic heterocycles. The van der Waals surface area contributed by atoms with Crippen LogP contribution in [-0.4, -0.2) is 16.1 Å². The fraction of sp³-hybridized carbons (Fsp3) is 0. The van der Waals surface area contributed by atoms with E-state index in [-0.39, 0.29) is 11.4 Å². The Morgan fingerprint density at radius 1 is 1.05 bits per heavy atom. The average Bonchev–Trinajstić information content (AvgIpc) is 2.49. The van der Waals surface area contributed by atoms with E-state index < -0.39 is 15.5 Å². The Balaban J connectivity index is 2.20. The topological polar surface area (TPSA) is 111 Å². The monoisotopic (exact) mass is 412 g/mol. The van der Waals surface area contributed by atoms with Crippen molar-refractivity contribution in [3.8, 4) is 0 Å². The lowest BCUT2D eigenvalue weighted by atomic mass is 10.2. The number of non-ortho nitro benzene ring substituents is 1. The molecule has 1 N–H and O–H groups in total. The largest absolute Gasteiger partial charge is 0.301 e. The van der Waals surface area contributed by atoms with Crippen LogP contribution in [0.3, 0.4) is 0 Å². The minimum absolute atomic E-state index is 0.0809. The normalized spacial score (nSPS) is 10.6. The number of anilines is 1. The van der Waals surface area contributed by atoms with Crippen molar-refractivity contribution in [1.82, 2.24) is 0 Å². The van der Waals surface area contributed by atoms with Crippen molar-refractivity contribution in [3.05, 3.63) is 71.8 Å². The molecule has 2 aromatic carbocycles. The number of nitrogens with zero attached hydrogens (tertiary/aromatic N) is 3. The van der Waals surface area contributed by atoms with Gasteiger partial charge in [-0.15, -0.1) is 0 Å². The Kier molecular flexibility index (Phi) is 4.99. The Hall–Kier alpha value is -2.56. The molecule has 112 valence electrons. The molecule has 0 unspecified atom stereocenters. The molecule has 2 aromatic rings. The van der Waals surface area contributed by atoms with Crippen LogP contribution in [0, 0.1) is 23.8 Å². The van der Waals surface area contributed by atoms with Gasteiger partial charge in [0.2, 0.25) is 0 Å². The van der Waals surface area contributed by atoms with Crippen LogP contribution < -0.4 is 5.43 Å². The highest BCUT2D eigenvalue weighted by Crippen LogP contribution is 2.28. The molecule has 0 bridgehead atoms. The zero-order valence-electron chi connectivity index (χ0n) is 11.0. The molecular formula is C13H9IN4O4. The molecule has 0 spiro atoms. The van der Waals surface area contributed by atoms with Gasteiger partial charge in [-0.2, -0.15) is 5.10 Å². The summed E-state index contributed by atoms with van der Waals surface area (Å²) in [4.78, 5) is 20.2. The van der Waals surface area contributed by atoms with E-state index in [1.165, 1.54) is 18.3 Å². The molecule has 0 saturated carbocycles. The number of hydrazone groups is 1. The maximum Gasteiger partial charge on any atom is 0.301 e. The second-order valence-electron chi connectivity index (χ2n) is 4.14. The third-order valence-electron chi connectivity index (χ3n) is 2.66. The van der Waals surface area contributed by atoms with Gasteiger partial charge < -0.3 is 0 Å². The standard InChI is InChI=1S/C13H9IN4O4/c14-10-3-1-9(2-4-10)8-15-16-12-6-5-11(17(19)20)7-13(12)18(21)22/h1-8,16H/b15-8+. The third kappa shape index (κ3) is 3.97. The highest BCUT2D eigenvalue weighted by atomic mass is 127. The number of nitro benzene ring substituents is 2. The first-order valence-electron chi connectivity index (χ1n) is 5.95. The van der Waals surface area contributed by atoms with Gasteiger partial charge in [0.1, 0.15) is 5.69 Å². The van der Waals surface area contributed by atoms with Gasteiger partial charge in [0.25, 0.3) is 5.69 Å². The molecule has 0 saturated heterocycles.